The zero-order chi connectivity index (χ0) is 18.7. The Balaban J connectivity index is 1.69. The maximum Gasteiger partial charge on any atom is 0.343 e. The van der Waals surface area contributed by atoms with E-state index in [1.54, 1.807) is 4.57 Å². The Morgan fingerprint density at radius 1 is 1.42 bits per heavy atom. The second kappa shape index (κ2) is 8.26. The minimum absolute atomic E-state index is 0.0557. The SMILES string of the molecule is CCCn1c(SCC(=O)c2cc(C)n(CC3CCCO3)c2C)n[nH]c1=O. The number of ether oxygens (including phenoxy) is 1. The van der Waals surface area contributed by atoms with Gasteiger partial charge in [-0.1, -0.05) is 18.7 Å². The number of carbonyl (C=O) groups is 1. The number of thioether (sulfide) groups is 1. The molecule has 1 aliphatic heterocycles. The highest BCUT2D eigenvalue weighted by molar-refractivity contribution is 7.99. The summed E-state index contributed by atoms with van der Waals surface area (Å²) in [5, 5.41) is 7.05. The van der Waals surface area contributed by atoms with Gasteiger partial charge >= 0.3 is 5.69 Å². The third-order valence-corrected chi connectivity index (χ3v) is 5.76. The average Bonchev–Trinajstić information content (AvgIpc) is 3.32. The highest BCUT2D eigenvalue weighted by Crippen LogP contribution is 2.23. The number of carbonyl (C=O) groups excluding carboxylic acids is 1. The second-order valence-corrected chi connectivity index (χ2v) is 7.65. The van der Waals surface area contributed by atoms with Gasteiger partial charge in [-0.05, 0) is 39.2 Å². The molecule has 3 rings (SSSR count). The van der Waals surface area contributed by atoms with Crippen molar-refractivity contribution >= 4 is 17.5 Å². The summed E-state index contributed by atoms with van der Waals surface area (Å²) >= 11 is 1.30. The van der Waals surface area contributed by atoms with Crippen LogP contribution >= 0.6 is 11.8 Å². The third-order valence-electron chi connectivity index (χ3n) is 4.79. The lowest BCUT2D eigenvalue weighted by Crippen LogP contribution is -2.18. The Bertz CT molecular complexity index is 830. The molecule has 0 amide bonds. The van der Waals surface area contributed by atoms with Gasteiger partial charge in [-0.15, -0.1) is 5.10 Å². The Kier molecular flexibility index (Phi) is 6.03. The lowest BCUT2D eigenvalue weighted by atomic mass is 10.2. The zero-order valence-corrected chi connectivity index (χ0v) is 16.4. The van der Waals surface area contributed by atoms with Gasteiger partial charge in [-0.25, -0.2) is 9.89 Å². The largest absolute Gasteiger partial charge is 0.376 e. The van der Waals surface area contributed by atoms with E-state index in [-0.39, 0.29) is 23.3 Å². The molecule has 0 aromatic carbocycles. The van der Waals surface area contributed by atoms with Gasteiger partial charge in [0.05, 0.1) is 11.9 Å². The molecule has 1 N–H and O–H groups in total. The normalized spacial score (nSPS) is 17.1. The minimum Gasteiger partial charge on any atom is -0.376 e. The third kappa shape index (κ3) is 3.96. The average molecular weight is 378 g/mol. The summed E-state index contributed by atoms with van der Waals surface area (Å²) in [5.74, 6) is 0.318. The molecule has 7 nitrogen and oxygen atoms in total. The number of aryl methyl sites for hydroxylation is 1. The lowest BCUT2D eigenvalue weighted by Gasteiger charge is -2.14. The molecule has 0 bridgehead atoms. The molecule has 1 saturated heterocycles. The van der Waals surface area contributed by atoms with E-state index >= 15 is 0 Å². The van der Waals surface area contributed by atoms with Gasteiger partial charge in [-0.2, -0.15) is 0 Å². The molecule has 2 aromatic heterocycles. The molecule has 1 unspecified atom stereocenters. The molecule has 142 valence electrons. The summed E-state index contributed by atoms with van der Waals surface area (Å²) in [5.41, 5.74) is 2.58. The fourth-order valence-electron chi connectivity index (χ4n) is 3.40. The number of aromatic amines is 1. The van der Waals surface area contributed by atoms with Crippen LogP contribution in [-0.4, -0.2) is 43.6 Å². The van der Waals surface area contributed by atoms with Crippen LogP contribution in [0.4, 0.5) is 0 Å². The van der Waals surface area contributed by atoms with Crippen LogP contribution in [0.3, 0.4) is 0 Å². The van der Waals surface area contributed by atoms with Gasteiger partial charge in [0.2, 0.25) is 0 Å². The summed E-state index contributed by atoms with van der Waals surface area (Å²) in [6.45, 7) is 8.24. The molecular weight excluding hydrogens is 352 g/mol. The van der Waals surface area contributed by atoms with Crippen molar-refractivity contribution in [3.05, 3.63) is 33.5 Å². The smallest absolute Gasteiger partial charge is 0.343 e. The molecule has 0 saturated carbocycles. The minimum atomic E-state index is -0.225. The maximum atomic E-state index is 12.7. The number of hydrogen-bond donors (Lipinski definition) is 1. The van der Waals surface area contributed by atoms with E-state index in [1.807, 2.05) is 26.8 Å². The van der Waals surface area contributed by atoms with E-state index in [0.29, 0.717) is 11.7 Å². The van der Waals surface area contributed by atoms with Crippen molar-refractivity contribution in [1.29, 1.82) is 0 Å². The first-order chi connectivity index (χ1) is 12.5. The van der Waals surface area contributed by atoms with Gasteiger partial charge in [0.15, 0.2) is 10.9 Å². The van der Waals surface area contributed by atoms with Crippen molar-refractivity contribution in [3.8, 4) is 0 Å². The summed E-state index contributed by atoms with van der Waals surface area (Å²) in [7, 11) is 0. The fraction of sp³-hybridized carbons (Fsp3) is 0.611. The van der Waals surface area contributed by atoms with E-state index in [2.05, 4.69) is 14.8 Å². The van der Waals surface area contributed by atoms with Crippen molar-refractivity contribution < 1.29 is 9.53 Å². The predicted octanol–water partition coefficient (Wildman–Crippen LogP) is 2.55. The van der Waals surface area contributed by atoms with Crippen LogP contribution < -0.4 is 5.69 Å². The summed E-state index contributed by atoms with van der Waals surface area (Å²) in [4.78, 5) is 24.5. The molecule has 8 heteroatoms. The first-order valence-electron chi connectivity index (χ1n) is 9.10. The molecule has 1 aliphatic rings. The molecule has 0 aliphatic carbocycles. The monoisotopic (exact) mass is 378 g/mol. The lowest BCUT2D eigenvalue weighted by molar-refractivity contribution is 0.0957. The second-order valence-electron chi connectivity index (χ2n) is 6.71. The quantitative estimate of drug-likeness (QED) is 0.564. The Morgan fingerprint density at radius 2 is 2.23 bits per heavy atom. The summed E-state index contributed by atoms with van der Waals surface area (Å²) in [6.07, 6.45) is 3.26. The van der Waals surface area contributed by atoms with Gasteiger partial charge in [0.1, 0.15) is 0 Å². The van der Waals surface area contributed by atoms with Gasteiger partial charge in [-0.3, -0.25) is 9.36 Å². The molecule has 1 fully saturated rings. The summed E-state index contributed by atoms with van der Waals surface area (Å²) in [6, 6.07) is 1.96. The maximum absolute atomic E-state index is 12.7. The Hall–Kier alpha value is -1.80. The number of nitrogens with zero attached hydrogens (tertiary/aromatic N) is 3. The van der Waals surface area contributed by atoms with Crippen LogP contribution in [-0.2, 0) is 17.8 Å². The van der Waals surface area contributed by atoms with Crippen molar-refractivity contribution in [3.63, 3.8) is 0 Å². The molecular formula is C18H26N4O3S. The number of ketones is 1. The number of H-pyrrole nitrogens is 1. The van der Waals surface area contributed by atoms with Crippen LogP contribution in [0.2, 0.25) is 0 Å². The van der Waals surface area contributed by atoms with Crippen LogP contribution in [0.15, 0.2) is 16.0 Å². The predicted molar refractivity (Wildman–Crippen MR) is 101 cm³/mol. The molecule has 0 spiro atoms. The van der Waals surface area contributed by atoms with Crippen LogP contribution in [0.5, 0.6) is 0 Å². The Morgan fingerprint density at radius 3 is 2.92 bits per heavy atom. The Labute approximate surface area is 157 Å². The van der Waals surface area contributed by atoms with E-state index < -0.39 is 0 Å². The highest BCUT2D eigenvalue weighted by atomic mass is 32.2. The van der Waals surface area contributed by atoms with Gasteiger partial charge in [0, 0.05) is 36.6 Å². The number of nitrogens with one attached hydrogen (secondary N) is 1. The zero-order valence-electron chi connectivity index (χ0n) is 15.6. The standard InChI is InChI=1S/C18H26N4O3S/c1-4-7-21-17(24)19-20-18(21)26-11-16(23)15-9-12(2)22(13(15)3)10-14-6-5-8-25-14/h9,14H,4-8,10-11H2,1-3H3,(H,19,24). The first kappa shape index (κ1) is 19.0. The van der Waals surface area contributed by atoms with Gasteiger partial charge < -0.3 is 9.30 Å². The topological polar surface area (TPSA) is 81.9 Å². The van der Waals surface area contributed by atoms with Crippen molar-refractivity contribution in [1.82, 2.24) is 19.3 Å². The number of rotatable bonds is 8. The van der Waals surface area contributed by atoms with Gasteiger partial charge in [0.25, 0.3) is 0 Å². The van der Waals surface area contributed by atoms with Crippen molar-refractivity contribution in [2.75, 3.05) is 12.4 Å². The van der Waals surface area contributed by atoms with E-state index in [9.17, 15) is 9.59 Å². The van der Waals surface area contributed by atoms with Crippen LogP contribution in [0.25, 0.3) is 0 Å². The highest BCUT2D eigenvalue weighted by Gasteiger charge is 2.21. The first-order valence-corrected chi connectivity index (χ1v) is 10.1. The van der Waals surface area contributed by atoms with Crippen LogP contribution in [0.1, 0.15) is 47.9 Å². The number of aromatic nitrogens is 4. The van der Waals surface area contributed by atoms with E-state index in [4.69, 9.17) is 4.74 Å². The molecule has 2 aromatic rings. The summed E-state index contributed by atoms with van der Waals surface area (Å²) < 4.78 is 9.48. The fourth-order valence-corrected chi connectivity index (χ4v) is 4.25. The molecule has 0 radical (unpaired) electrons. The van der Waals surface area contributed by atoms with Crippen molar-refractivity contribution in [2.24, 2.45) is 0 Å². The molecule has 26 heavy (non-hydrogen) atoms. The van der Waals surface area contributed by atoms with E-state index in [1.165, 1.54) is 11.8 Å². The number of Topliss-reactive ketones (excluding diaryl/α,β-unsaturated/α-hetero) is 1. The number of hydrogen-bond acceptors (Lipinski definition) is 5. The van der Waals surface area contributed by atoms with Crippen LogP contribution in [0, 0.1) is 13.8 Å². The van der Waals surface area contributed by atoms with E-state index in [0.717, 1.165) is 49.4 Å². The molecule has 1 atom stereocenters. The molecule has 3 heterocycles. The van der Waals surface area contributed by atoms with Crippen molar-refractivity contribution in [2.45, 2.75) is 64.4 Å².